The molecule has 0 spiro atoms. The highest BCUT2D eigenvalue weighted by atomic mass is 32.1. The van der Waals surface area contributed by atoms with E-state index in [0.29, 0.717) is 41.5 Å². The van der Waals surface area contributed by atoms with Crippen LogP contribution in [0.15, 0.2) is 18.2 Å². The number of fused-ring (bicyclic) bond motifs is 3. The third-order valence-electron chi connectivity index (χ3n) is 5.27. The van der Waals surface area contributed by atoms with Crippen molar-refractivity contribution < 1.29 is 22.7 Å². The van der Waals surface area contributed by atoms with Gasteiger partial charge >= 0.3 is 6.18 Å². The Kier molecular flexibility index (Phi) is 4.77. The number of benzene rings is 1. The number of carbonyl (C=O) groups is 1. The molecule has 1 aliphatic rings. The summed E-state index contributed by atoms with van der Waals surface area (Å²) in [6.07, 6.45) is -2.26. The summed E-state index contributed by atoms with van der Waals surface area (Å²) in [5, 5.41) is 0.493. The minimum absolute atomic E-state index is 0.158. The smallest absolute Gasteiger partial charge is 0.433 e. The maximum absolute atomic E-state index is 13.6. The lowest BCUT2D eigenvalue weighted by Gasteiger charge is -2.21. The zero-order valence-corrected chi connectivity index (χ0v) is 16.8. The molecule has 1 aromatic carbocycles. The van der Waals surface area contributed by atoms with Crippen LogP contribution in [0.2, 0.25) is 0 Å². The zero-order chi connectivity index (χ0) is 20.9. The van der Waals surface area contributed by atoms with Crippen LogP contribution in [-0.4, -0.2) is 17.9 Å². The Morgan fingerprint density at radius 2 is 1.90 bits per heavy atom. The molecule has 0 saturated carbocycles. The van der Waals surface area contributed by atoms with Gasteiger partial charge in [0.25, 0.3) is 0 Å². The van der Waals surface area contributed by atoms with Gasteiger partial charge in [0.05, 0.1) is 18.4 Å². The van der Waals surface area contributed by atoms with Crippen molar-refractivity contribution in [3.63, 3.8) is 0 Å². The number of aromatic nitrogens is 1. The standard InChI is InChI=1S/C21H19F3N2O2S/c1-10-7-8-14(28-2)13(9-10)17(27)18-16(25)15-11-5-3-4-6-12(11)19(21(22,23)24)26-20(15)29-18/h7-9H,3-6,25H2,1-2H3. The SMILES string of the molecule is COc1ccc(C)cc1C(=O)c1sc2nc(C(F)(F)F)c3c(c2c1N)CCCC3. The van der Waals surface area contributed by atoms with Crippen LogP contribution in [0.25, 0.3) is 10.2 Å². The van der Waals surface area contributed by atoms with Gasteiger partial charge in [-0.1, -0.05) is 11.6 Å². The van der Waals surface area contributed by atoms with Crippen LogP contribution in [0.3, 0.4) is 0 Å². The molecule has 3 aromatic rings. The van der Waals surface area contributed by atoms with E-state index in [2.05, 4.69) is 4.98 Å². The van der Waals surface area contributed by atoms with E-state index in [-0.39, 0.29) is 26.7 Å². The summed E-state index contributed by atoms with van der Waals surface area (Å²) in [5.41, 5.74) is 7.66. The molecule has 0 fully saturated rings. The summed E-state index contributed by atoms with van der Waals surface area (Å²) in [6, 6.07) is 5.19. The van der Waals surface area contributed by atoms with Gasteiger partial charge in [-0.15, -0.1) is 11.3 Å². The molecule has 0 atom stereocenters. The second-order valence-corrected chi connectivity index (χ2v) is 8.18. The van der Waals surface area contributed by atoms with Crippen LogP contribution in [0.1, 0.15) is 50.5 Å². The molecular weight excluding hydrogens is 401 g/mol. The molecule has 0 aliphatic heterocycles. The molecule has 1 aliphatic carbocycles. The number of hydrogen-bond acceptors (Lipinski definition) is 5. The normalized spacial score (nSPS) is 14.1. The fourth-order valence-corrected chi connectivity index (χ4v) is 5.02. The number of nitrogens with zero attached hydrogens (tertiary/aromatic N) is 1. The number of hydrogen-bond donors (Lipinski definition) is 1. The van der Waals surface area contributed by atoms with Gasteiger partial charge in [-0.05, 0) is 55.9 Å². The third-order valence-corrected chi connectivity index (χ3v) is 6.37. The Morgan fingerprint density at radius 3 is 2.55 bits per heavy atom. The molecule has 4 nitrogen and oxygen atoms in total. The maximum atomic E-state index is 13.6. The Balaban J connectivity index is 1.96. The van der Waals surface area contributed by atoms with Crippen LogP contribution in [-0.2, 0) is 19.0 Å². The number of alkyl halides is 3. The fourth-order valence-electron chi connectivity index (χ4n) is 3.94. The van der Waals surface area contributed by atoms with Gasteiger partial charge < -0.3 is 10.5 Å². The molecule has 0 saturated heterocycles. The number of nitrogens with two attached hydrogens (primary N) is 1. The number of ether oxygens (including phenoxy) is 1. The highest BCUT2D eigenvalue weighted by Gasteiger charge is 2.38. The predicted octanol–water partition coefficient (Wildman–Crippen LogP) is 5.32. The molecular formula is C21H19F3N2O2S. The zero-order valence-electron chi connectivity index (χ0n) is 15.9. The van der Waals surface area contributed by atoms with Crippen LogP contribution in [0, 0.1) is 6.92 Å². The van der Waals surface area contributed by atoms with Crippen molar-refractivity contribution in [2.24, 2.45) is 0 Å². The van der Waals surface area contributed by atoms with E-state index in [1.165, 1.54) is 7.11 Å². The molecule has 0 unspecified atom stereocenters. The Morgan fingerprint density at radius 1 is 1.21 bits per heavy atom. The van der Waals surface area contributed by atoms with Gasteiger partial charge in [-0.2, -0.15) is 13.2 Å². The fraction of sp³-hybridized carbons (Fsp3) is 0.333. The predicted molar refractivity (Wildman–Crippen MR) is 107 cm³/mol. The Labute approximate surface area is 169 Å². The summed E-state index contributed by atoms with van der Waals surface area (Å²) >= 11 is 0.914. The monoisotopic (exact) mass is 420 g/mol. The molecule has 2 N–H and O–H groups in total. The van der Waals surface area contributed by atoms with E-state index < -0.39 is 11.9 Å². The van der Waals surface area contributed by atoms with Crippen molar-refractivity contribution in [2.75, 3.05) is 12.8 Å². The molecule has 29 heavy (non-hydrogen) atoms. The lowest BCUT2D eigenvalue weighted by atomic mass is 9.88. The van der Waals surface area contributed by atoms with Crippen molar-refractivity contribution in [2.45, 2.75) is 38.8 Å². The highest BCUT2D eigenvalue weighted by molar-refractivity contribution is 7.21. The number of aryl methyl sites for hydroxylation is 2. The number of anilines is 1. The van der Waals surface area contributed by atoms with E-state index in [9.17, 15) is 18.0 Å². The van der Waals surface area contributed by atoms with E-state index >= 15 is 0 Å². The molecule has 4 rings (SSSR count). The first kappa shape index (κ1) is 19.7. The Bertz CT molecular complexity index is 1140. The van der Waals surface area contributed by atoms with Gasteiger partial charge in [0.2, 0.25) is 5.78 Å². The first-order chi connectivity index (χ1) is 13.7. The van der Waals surface area contributed by atoms with Crippen molar-refractivity contribution in [3.05, 3.63) is 51.0 Å². The van der Waals surface area contributed by atoms with Gasteiger partial charge in [-0.3, -0.25) is 4.79 Å². The molecule has 8 heteroatoms. The first-order valence-corrected chi connectivity index (χ1v) is 10.0. The number of rotatable bonds is 3. The number of nitrogen functional groups attached to an aromatic ring is 1. The first-order valence-electron chi connectivity index (χ1n) is 9.22. The minimum Gasteiger partial charge on any atom is -0.496 e. The van der Waals surface area contributed by atoms with Crippen LogP contribution < -0.4 is 10.5 Å². The number of ketones is 1. The molecule has 0 amide bonds. The molecule has 152 valence electrons. The summed E-state index contributed by atoms with van der Waals surface area (Å²) in [4.78, 5) is 17.5. The number of carbonyl (C=O) groups excluding carboxylic acids is 1. The van der Waals surface area contributed by atoms with E-state index in [1.807, 2.05) is 13.0 Å². The van der Waals surface area contributed by atoms with E-state index in [0.717, 1.165) is 23.3 Å². The van der Waals surface area contributed by atoms with Crippen molar-refractivity contribution in [1.82, 2.24) is 4.98 Å². The molecule has 2 heterocycles. The lowest BCUT2D eigenvalue weighted by molar-refractivity contribution is -0.141. The summed E-state index contributed by atoms with van der Waals surface area (Å²) in [7, 11) is 1.46. The average molecular weight is 420 g/mol. The molecule has 0 bridgehead atoms. The van der Waals surface area contributed by atoms with Gasteiger partial charge in [0.1, 0.15) is 21.2 Å². The summed E-state index contributed by atoms with van der Waals surface area (Å²) in [6.45, 7) is 1.85. The van der Waals surface area contributed by atoms with Crippen LogP contribution in [0.4, 0.5) is 18.9 Å². The highest BCUT2D eigenvalue weighted by Crippen LogP contribution is 2.44. The maximum Gasteiger partial charge on any atom is 0.433 e. The van der Waals surface area contributed by atoms with Crippen LogP contribution >= 0.6 is 11.3 Å². The topological polar surface area (TPSA) is 65.2 Å². The van der Waals surface area contributed by atoms with Gasteiger partial charge in [-0.25, -0.2) is 4.98 Å². The van der Waals surface area contributed by atoms with Gasteiger partial charge in [0.15, 0.2) is 0 Å². The van der Waals surface area contributed by atoms with E-state index in [1.54, 1.807) is 12.1 Å². The van der Waals surface area contributed by atoms with Crippen LogP contribution in [0.5, 0.6) is 5.75 Å². The second kappa shape index (κ2) is 7.02. The molecule has 2 aromatic heterocycles. The van der Waals surface area contributed by atoms with Gasteiger partial charge in [0, 0.05) is 5.39 Å². The Hall–Kier alpha value is -2.61. The van der Waals surface area contributed by atoms with Crippen molar-refractivity contribution in [1.29, 1.82) is 0 Å². The van der Waals surface area contributed by atoms with Crippen molar-refractivity contribution in [3.8, 4) is 5.75 Å². The summed E-state index contributed by atoms with van der Waals surface area (Å²) < 4.78 is 46.1. The van der Waals surface area contributed by atoms with Crippen molar-refractivity contribution >= 4 is 33.0 Å². The molecule has 0 radical (unpaired) electrons. The number of halogens is 3. The summed E-state index contributed by atoms with van der Waals surface area (Å²) in [5.74, 6) is 0.0209. The number of thiophene rings is 1. The average Bonchev–Trinajstić information content (AvgIpc) is 3.03. The quantitative estimate of drug-likeness (QED) is 0.582. The largest absolute Gasteiger partial charge is 0.496 e. The number of methoxy groups -OCH3 is 1. The van der Waals surface area contributed by atoms with E-state index in [4.69, 9.17) is 10.5 Å². The number of pyridine rings is 1. The third kappa shape index (κ3) is 3.25. The second-order valence-electron chi connectivity index (χ2n) is 7.18. The lowest BCUT2D eigenvalue weighted by Crippen LogP contribution is -2.17. The minimum atomic E-state index is -4.54.